The minimum absolute atomic E-state index is 0.0179. The summed E-state index contributed by atoms with van der Waals surface area (Å²) in [4.78, 5) is 16.4. The van der Waals surface area contributed by atoms with Crippen LogP contribution in [0.5, 0.6) is 5.75 Å². The molecule has 0 spiro atoms. The lowest BCUT2D eigenvalue weighted by Crippen LogP contribution is -2.41. The van der Waals surface area contributed by atoms with Gasteiger partial charge in [0.2, 0.25) is 0 Å². The smallest absolute Gasteiger partial charge is 0.317 e. The van der Waals surface area contributed by atoms with Gasteiger partial charge in [-0.15, -0.1) is 0 Å². The number of urea groups is 1. The van der Waals surface area contributed by atoms with Crippen LogP contribution in [-0.4, -0.2) is 56.2 Å². The third-order valence-corrected chi connectivity index (χ3v) is 4.40. The first-order valence-corrected chi connectivity index (χ1v) is 8.53. The van der Waals surface area contributed by atoms with Crippen LogP contribution in [0.15, 0.2) is 24.3 Å². The number of likely N-dealkylation sites (tertiary alicyclic amines) is 1. The molecule has 1 fully saturated rings. The molecule has 0 radical (unpaired) electrons. The molecule has 1 aliphatic rings. The molecule has 0 saturated carbocycles. The molecule has 1 N–H and O–H groups in total. The zero-order valence-electron chi connectivity index (χ0n) is 14.4. The predicted molar refractivity (Wildman–Crippen MR) is 92.8 cm³/mol. The van der Waals surface area contributed by atoms with Crippen LogP contribution in [0.4, 0.5) is 4.79 Å². The van der Waals surface area contributed by atoms with Crippen LogP contribution < -0.4 is 10.1 Å². The first kappa shape index (κ1) is 17.6. The van der Waals surface area contributed by atoms with Crippen LogP contribution >= 0.6 is 0 Å². The summed E-state index contributed by atoms with van der Waals surface area (Å²) in [6.45, 7) is 4.61. The molecule has 1 aliphatic heterocycles. The fraction of sp³-hybridized carbons (Fsp3) is 0.611. The van der Waals surface area contributed by atoms with Crippen LogP contribution in [0.1, 0.15) is 31.2 Å². The van der Waals surface area contributed by atoms with Gasteiger partial charge in [0.05, 0.1) is 7.11 Å². The van der Waals surface area contributed by atoms with Crippen molar-refractivity contribution in [3.05, 3.63) is 29.8 Å². The van der Waals surface area contributed by atoms with Gasteiger partial charge < -0.3 is 19.9 Å². The van der Waals surface area contributed by atoms with E-state index in [0.717, 1.165) is 24.4 Å². The third kappa shape index (κ3) is 6.10. The molecule has 5 heteroatoms. The van der Waals surface area contributed by atoms with Gasteiger partial charge in [-0.2, -0.15) is 0 Å². The third-order valence-electron chi connectivity index (χ3n) is 4.40. The number of carbonyl (C=O) groups is 1. The highest BCUT2D eigenvalue weighted by molar-refractivity contribution is 5.73. The lowest BCUT2D eigenvalue weighted by atomic mass is 10.2. The molecule has 2 rings (SSSR count). The minimum atomic E-state index is -0.0179. The predicted octanol–water partition coefficient (Wildman–Crippen LogP) is 2.71. The zero-order valence-corrected chi connectivity index (χ0v) is 14.4. The quantitative estimate of drug-likeness (QED) is 0.877. The van der Waals surface area contributed by atoms with Gasteiger partial charge in [0.25, 0.3) is 0 Å². The summed E-state index contributed by atoms with van der Waals surface area (Å²) in [5.74, 6) is 0.828. The van der Waals surface area contributed by atoms with Gasteiger partial charge >= 0.3 is 6.03 Å². The molecule has 1 aromatic rings. The van der Waals surface area contributed by atoms with E-state index in [2.05, 4.69) is 10.2 Å². The first-order valence-electron chi connectivity index (χ1n) is 8.53. The minimum Gasteiger partial charge on any atom is -0.497 e. The monoisotopic (exact) mass is 319 g/mol. The van der Waals surface area contributed by atoms with Crippen LogP contribution in [0.3, 0.4) is 0 Å². The number of hydrogen-bond acceptors (Lipinski definition) is 3. The van der Waals surface area contributed by atoms with Gasteiger partial charge in [0.15, 0.2) is 0 Å². The van der Waals surface area contributed by atoms with E-state index in [1.807, 2.05) is 31.3 Å². The Bertz CT molecular complexity index is 468. The Kier molecular flexibility index (Phi) is 7.20. The number of nitrogens with one attached hydrogen (secondary N) is 1. The van der Waals surface area contributed by atoms with Crippen molar-refractivity contribution >= 4 is 6.03 Å². The number of hydrogen-bond donors (Lipinski definition) is 1. The van der Waals surface area contributed by atoms with E-state index in [9.17, 15) is 4.79 Å². The topological polar surface area (TPSA) is 44.8 Å². The average Bonchev–Trinajstić information content (AvgIpc) is 2.86. The molecular formula is C18H29N3O2. The maximum absolute atomic E-state index is 12.2. The number of rotatable bonds is 6. The number of ether oxygens (including phenoxy) is 1. The average molecular weight is 319 g/mol. The van der Waals surface area contributed by atoms with Gasteiger partial charge in [-0.05, 0) is 43.6 Å². The lowest BCUT2D eigenvalue weighted by molar-refractivity contribution is 0.195. The number of amides is 2. The molecule has 1 heterocycles. The molecule has 1 aromatic carbocycles. The maximum atomic E-state index is 12.2. The van der Waals surface area contributed by atoms with Crippen molar-refractivity contribution in [2.24, 2.45) is 0 Å². The second-order valence-electron chi connectivity index (χ2n) is 6.18. The van der Waals surface area contributed by atoms with E-state index in [-0.39, 0.29) is 6.03 Å². The Morgan fingerprint density at radius 2 is 1.83 bits per heavy atom. The van der Waals surface area contributed by atoms with Gasteiger partial charge in [-0.3, -0.25) is 0 Å². The van der Waals surface area contributed by atoms with E-state index in [4.69, 9.17) is 4.74 Å². The Labute approximate surface area is 139 Å². The SMILES string of the molecule is COc1ccc(CNC(=O)N(C)CCN2CCCCCC2)cc1. The van der Waals surface area contributed by atoms with Crippen LogP contribution in [0.25, 0.3) is 0 Å². The number of benzene rings is 1. The van der Waals surface area contributed by atoms with E-state index in [0.29, 0.717) is 6.54 Å². The maximum Gasteiger partial charge on any atom is 0.317 e. The summed E-state index contributed by atoms with van der Waals surface area (Å²) in [5.41, 5.74) is 1.07. The summed E-state index contributed by atoms with van der Waals surface area (Å²) >= 11 is 0. The number of methoxy groups -OCH3 is 1. The fourth-order valence-electron chi connectivity index (χ4n) is 2.81. The van der Waals surface area contributed by atoms with Crippen molar-refractivity contribution in [2.75, 3.05) is 40.3 Å². The normalized spacial score (nSPS) is 15.7. The standard InChI is InChI=1S/C18H29N3O2/c1-20(13-14-21-11-5-3-4-6-12-21)18(22)19-15-16-7-9-17(23-2)10-8-16/h7-10H,3-6,11-15H2,1-2H3,(H,19,22). The molecule has 0 atom stereocenters. The molecular weight excluding hydrogens is 290 g/mol. The Morgan fingerprint density at radius 3 is 2.43 bits per heavy atom. The number of carbonyl (C=O) groups excluding carboxylic acids is 1. The van der Waals surface area contributed by atoms with E-state index in [1.165, 1.54) is 38.8 Å². The van der Waals surface area contributed by atoms with Crippen molar-refractivity contribution in [3.8, 4) is 5.75 Å². The highest BCUT2D eigenvalue weighted by Crippen LogP contribution is 2.11. The highest BCUT2D eigenvalue weighted by Gasteiger charge is 2.12. The van der Waals surface area contributed by atoms with Crippen LogP contribution in [0, 0.1) is 0 Å². The zero-order chi connectivity index (χ0) is 16.5. The second kappa shape index (κ2) is 9.40. The molecule has 1 saturated heterocycles. The largest absolute Gasteiger partial charge is 0.497 e. The molecule has 2 amide bonds. The molecule has 128 valence electrons. The Balaban J connectivity index is 1.69. The molecule has 23 heavy (non-hydrogen) atoms. The molecule has 5 nitrogen and oxygen atoms in total. The van der Waals surface area contributed by atoms with E-state index in [1.54, 1.807) is 12.0 Å². The Morgan fingerprint density at radius 1 is 1.17 bits per heavy atom. The fourth-order valence-corrected chi connectivity index (χ4v) is 2.81. The first-order chi connectivity index (χ1) is 11.2. The van der Waals surface area contributed by atoms with Crippen molar-refractivity contribution in [1.29, 1.82) is 0 Å². The van der Waals surface area contributed by atoms with Gasteiger partial charge in [-0.25, -0.2) is 4.79 Å². The molecule has 0 bridgehead atoms. The summed E-state index contributed by atoms with van der Waals surface area (Å²) in [6, 6.07) is 7.73. The summed E-state index contributed by atoms with van der Waals surface area (Å²) in [6.07, 6.45) is 5.25. The van der Waals surface area contributed by atoms with Gasteiger partial charge in [-0.1, -0.05) is 25.0 Å². The van der Waals surface area contributed by atoms with E-state index < -0.39 is 0 Å². The van der Waals surface area contributed by atoms with Crippen molar-refractivity contribution in [2.45, 2.75) is 32.2 Å². The number of nitrogens with zero attached hydrogens (tertiary/aromatic N) is 2. The van der Waals surface area contributed by atoms with Crippen molar-refractivity contribution < 1.29 is 9.53 Å². The second-order valence-corrected chi connectivity index (χ2v) is 6.18. The van der Waals surface area contributed by atoms with Crippen molar-refractivity contribution in [1.82, 2.24) is 15.1 Å². The van der Waals surface area contributed by atoms with E-state index >= 15 is 0 Å². The molecule has 0 unspecified atom stereocenters. The van der Waals surface area contributed by atoms with Crippen LogP contribution in [0.2, 0.25) is 0 Å². The van der Waals surface area contributed by atoms with Crippen molar-refractivity contribution in [3.63, 3.8) is 0 Å². The molecule has 0 aromatic heterocycles. The summed E-state index contributed by atoms with van der Waals surface area (Å²) in [7, 11) is 3.51. The van der Waals surface area contributed by atoms with Crippen LogP contribution in [-0.2, 0) is 6.54 Å². The number of likely N-dealkylation sites (N-methyl/N-ethyl adjacent to an activating group) is 1. The Hall–Kier alpha value is -1.75. The lowest BCUT2D eigenvalue weighted by Gasteiger charge is -2.24. The summed E-state index contributed by atoms with van der Waals surface area (Å²) in [5, 5.41) is 2.96. The van der Waals surface area contributed by atoms with Gasteiger partial charge in [0.1, 0.15) is 5.75 Å². The highest BCUT2D eigenvalue weighted by atomic mass is 16.5. The van der Waals surface area contributed by atoms with Gasteiger partial charge in [0, 0.05) is 26.7 Å². The molecule has 0 aliphatic carbocycles. The summed E-state index contributed by atoms with van der Waals surface area (Å²) < 4.78 is 5.13.